The molecule has 0 aromatic heterocycles. The SMILES string of the molecule is CC[C@@H]1CCC[C@@]1(O)C#N. The predicted molar refractivity (Wildman–Crippen MR) is 38.2 cm³/mol. The highest BCUT2D eigenvalue weighted by Crippen LogP contribution is 2.36. The Kier molecular flexibility index (Phi) is 1.96. The van der Waals surface area contributed by atoms with E-state index in [1.165, 1.54) is 0 Å². The van der Waals surface area contributed by atoms with E-state index in [-0.39, 0.29) is 5.92 Å². The molecule has 0 aromatic rings. The average molecular weight is 139 g/mol. The molecule has 0 saturated heterocycles. The lowest BCUT2D eigenvalue weighted by Gasteiger charge is -2.20. The van der Waals surface area contributed by atoms with Crippen molar-refractivity contribution in [3.05, 3.63) is 0 Å². The van der Waals surface area contributed by atoms with Crippen molar-refractivity contribution in [2.24, 2.45) is 5.92 Å². The smallest absolute Gasteiger partial charge is 0.153 e. The summed E-state index contributed by atoms with van der Waals surface area (Å²) in [6, 6.07) is 2.00. The summed E-state index contributed by atoms with van der Waals surface area (Å²) in [5.74, 6) is 0.220. The van der Waals surface area contributed by atoms with Crippen LogP contribution in [0.1, 0.15) is 32.6 Å². The first-order valence-electron chi connectivity index (χ1n) is 3.86. The van der Waals surface area contributed by atoms with E-state index in [2.05, 4.69) is 0 Å². The zero-order valence-electron chi connectivity index (χ0n) is 6.30. The van der Waals surface area contributed by atoms with Crippen molar-refractivity contribution in [2.45, 2.75) is 38.2 Å². The number of nitriles is 1. The molecule has 1 fully saturated rings. The Morgan fingerprint density at radius 3 is 2.90 bits per heavy atom. The van der Waals surface area contributed by atoms with Crippen LogP contribution in [0.5, 0.6) is 0 Å². The monoisotopic (exact) mass is 139 g/mol. The fourth-order valence-corrected chi connectivity index (χ4v) is 1.75. The van der Waals surface area contributed by atoms with Crippen molar-refractivity contribution < 1.29 is 5.11 Å². The average Bonchev–Trinajstić information content (AvgIpc) is 2.32. The zero-order valence-corrected chi connectivity index (χ0v) is 6.30. The highest BCUT2D eigenvalue weighted by atomic mass is 16.3. The van der Waals surface area contributed by atoms with Gasteiger partial charge in [0.15, 0.2) is 5.60 Å². The van der Waals surface area contributed by atoms with Gasteiger partial charge in [0.1, 0.15) is 0 Å². The topological polar surface area (TPSA) is 44.0 Å². The summed E-state index contributed by atoms with van der Waals surface area (Å²) in [6.07, 6.45) is 3.61. The van der Waals surface area contributed by atoms with Crippen molar-refractivity contribution in [1.29, 1.82) is 5.26 Å². The van der Waals surface area contributed by atoms with Crippen LogP contribution in [0.3, 0.4) is 0 Å². The second-order valence-electron chi connectivity index (χ2n) is 3.03. The van der Waals surface area contributed by atoms with Crippen LogP contribution in [0.15, 0.2) is 0 Å². The molecule has 1 saturated carbocycles. The maximum absolute atomic E-state index is 9.60. The van der Waals surface area contributed by atoms with Crippen LogP contribution < -0.4 is 0 Å². The van der Waals surface area contributed by atoms with E-state index >= 15 is 0 Å². The van der Waals surface area contributed by atoms with Gasteiger partial charge in [-0.25, -0.2) is 0 Å². The number of nitrogens with zero attached hydrogens (tertiary/aromatic N) is 1. The molecule has 0 radical (unpaired) electrons. The minimum Gasteiger partial charge on any atom is -0.375 e. The summed E-state index contributed by atoms with van der Waals surface area (Å²) >= 11 is 0. The van der Waals surface area contributed by atoms with Gasteiger partial charge < -0.3 is 5.11 Å². The highest BCUT2D eigenvalue weighted by Gasteiger charge is 2.39. The van der Waals surface area contributed by atoms with E-state index in [1.807, 2.05) is 13.0 Å². The number of aliphatic hydroxyl groups is 1. The Bertz CT molecular complexity index is 161. The lowest BCUT2D eigenvalue weighted by atomic mass is 9.90. The molecular weight excluding hydrogens is 126 g/mol. The van der Waals surface area contributed by atoms with Crippen molar-refractivity contribution in [3.63, 3.8) is 0 Å². The van der Waals surface area contributed by atoms with E-state index in [9.17, 15) is 5.11 Å². The van der Waals surface area contributed by atoms with Crippen LogP contribution >= 0.6 is 0 Å². The molecule has 2 nitrogen and oxygen atoms in total. The Morgan fingerprint density at radius 2 is 2.50 bits per heavy atom. The van der Waals surface area contributed by atoms with Crippen LogP contribution in [0.25, 0.3) is 0 Å². The number of rotatable bonds is 1. The van der Waals surface area contributed by atoms with E-state index in [0.29, 0.717) is 6.42 Å². The Hall–Kier alpha value is -0.550. The van der Waals surface area contributed by atoms with Crippen molar-refractivity contribution in [1.82, 2.24) is 0 Å². The predicted octanol–water partition coefficient (Wildman–Crippen LogP) is 1.45. The molecule has 0 aromatic carbocycles. The van der Waals surface area contributed by atoms with Crippen LogP contribution in [0.4, 0.5) is 0 Å². The minimum absolute atomic E-state index is 0.220. The van der Waals surface area contributed by atoms with Gasteiger partial charge in [-0.05, 0) is 25.7 Å². The maximum Gasteiger partial charge on any atom is 0.153 e. The van der Waals surface area contributed by atoms with Gasteiger partial charge in [-0.1, -0.05) is 6.92 Å². The Labute approximate surface area is 61.5 Å². The second kappa shape index (κ2) is 2.59. The quantitative estimate of drug-likeness (QED) is 0.559. The summed E-state index contributed by atoms with van der Waals surface area (Å²) in [5, 5.41) is 18.2. The standard InChI is InChI=1S/C8H13NO/c1-2-7-4-3-5-8(7,10)6-9/h7,10H,2-5H2,1H3/t7-,8-/m1/s1. The van der Waals surface area contributed by atoms with Crippen molar-refractivity contribution in [2.75, 3.05) is 0 Å². The van der Waals surface area contributed by atoms with Gasteiger partial charge in [-0.15, -0.1) is 0 Å². The van der Waals surface area contributed by atoms with Gasteiger partial charge in [-0.2, -0.15) is 5.26 Å². The lowest BCUT2D eigenvalue weighted by molar-refractivity contribution is 0.0572. The Morgan fingerprint density at radius 1 is 1.80 bits per heavy atom. The second-order valence-corrected chi connectivity index (χ2v) is 3.03. The molecule has 0 heterocycles. The van der Waals surface area contributed by atoms with Gasteiger partial charge in [-0.3, -0.25) is 0 Å². The lowest BCUT2D eigenvalue weighted by Crippen LogP contribution is -2.30. The third-order valence-corrected chi connectivity index (χ3v) is 2.47. The Balaban J connectivity index is 2.68. The first-order chi connectivity index (χ1) is 4.73. The van der Waals surface area contributed by atoms with Crippen LogP contribution in [0.2, 0.25) is 0 Å². The minimum atomic E-state index is -0.991. The summed E-state index contributed by atoms with van der Waals surface area (Å²) in [4.78, 5) is 0. The molecular formula is C8H13NO. The first kappa shape index (κ1) is 7.56. The van der Waals surface area contributed by atoms with E-state index < -0.39 is 5.60 Å². The van der Waals surface area contributed by atoms with Crippen LogP contribution in [-0.2, 0) is 0 Å². The third-order valence-electron chi connectivity index (χ3n) is 2.47. The maximum atomic E-state index is 9.60. The van der Waals surface area contributed by atoms with E-state index in [4.69, 9.17) is 5.26 Å². The molecule has 1 aliphatic carbocycles. The summed E-state index contributed by atoms with van der Waals surface area (Å²) in [6.45, 7) is 2.03. The molecule has 1 N–H and O–H groups in total. The van der Waals surface area contributed by atoms with Gasteiger partial charge in [0.25, 0.3) is 0 Å². The molecule has 2 heteroatoms. The first-order valence-corrected chi connectivity index (χ1v) is 3.86. The molecule has 10 heavy (non-hydrogen) atoms. The molecule has 1 aliphatic rings. The third kappa shape index (κ3) is 1.02. The van der Waals surface area contributed by atoms with Gasteiger partial charge in [0.2, 0.25) is 0 Å². The molecule has 2 atom stereocenters. The molecule has 0 aliphatic heterocycles. The molecule has 56 valence electrons. The van der Waals surface area contributed by atoms with E-state index in [1.54, 1.807) is 0 Å². The van der Waals surface area contributed by atoms with E-state index in [0.717, 1.165) is 19.3 Å². The number of hydrogen-bond donors (Lipinski definition) is 1. The molecule has 0 spiro atoms. The van der Waals surface area contributed by atoms with Gasteiger partial charge >= 0.3 is 0 Å². The van der Waals surface area contributed by atoms with Crippen LogP contribution in [0, 0.1) is 17.2 Å². The van der Waals surface area contributed by atoms with Gasteiger partial charge in [0.05, 0.1) is 6.07 Å². The fourth-order valence-electron chi connectivity index (χ4n) is 1.75. The fraction of sp³-hybridized carbons (Fsp3) is 0.875. The summed E-state index contributed by atoms with van der Waals surface area (Å²) in [5.41, 5.74) is -0.991. The number of hydrogen-bond acceptors (Lipinski definition) is 2. The summed E-state index contributed by atoms with van der Waals surface area (Å²) in [7, 11) is 0. The molecule has 0 unspecified atom stereocenters. The van der Waals surface area contributed by atoms with Crippen LogP contribution in [-0.4, -0.2) is 10.7 Å². The van der Waals surface area contributed by atoms with Crippen molar-refractivity contribution >= 4 is 0 Å². The molecule has 0 bridgehead atoms. The summed E-state index contributed by atoms with van der Waals surface area (Å²) < 4.78 is 0. The normalized spacial score (nSPS) is 39.5. The molecule has 0 amide bonds. The van der Waals surface area contributed by atoms with Gasteiger partial charge in [0, 0.05) is 5.92 Å². The largest absolute Gasteiger partial charge is 0.375 e. The highest BCUT2D eigenvalue weighted by molar-refractivity contribution is 5.07. The zero-order chi connectivity index (χ0) is 7.61. The van der Waals surface area contributed by atoms with Crippen molar-refractivity contribution in [3.8, 4) is 6.07 Å². The molecule has 1 rings (SSSR count).